The van der Waals surface area contributed by atoms with Gasteiger partial charge in [0.05, 0.1) is 23.7 Å². The van der Waals surface area contributed by atoms with E-state index in [1.165, 1.54) is 0 Å². The van der Waals surface area contributed by atoms with E-state index in [1.807, 2.05) is 12.1 Å². The van der Waals surface area contributed by atoms with Gasteiger partial charge in [-0.3, -0.25) is 19.8 Å². The number of rotatable bonds is 2. The van der Waals surface area contributed by atoms with E-state index in [4.69, 9.17) is 5.26 Å². The van der Waals surface area contributed by atoms with Gasteiger partial charge in [-0.25, -0.2) is 0 Å². The Morgan fingerprint density at radius 3 is 2.74 bits per heavy atom. The molecule has 1 fully saturated rings. The van der Waals surface area contributed by atoms with Crippen molar-refractivity contribution < 1.29 is 9.59 Å². The molecular formula is C14H15N3O2. The molecule has 0 aromatic heterocycles. The summed E-state index contributed by atoms with van der Waals surface area (Å²) in [5.41, 5.74) is 0.619. The van der Waals surface area contributed by atoms with E-state index in [2.05, 4.69) is 11.4 Å². The molecule has 0 atom stereocenters. The van der Waals surface area contributed by atoms with Gasteiger partial charge < -0.3 is 0 Å². The van der Waals surface area contributed by atoms with E-state index in [9.17, 15) is 9.59 Å². The van der Waals surface area contributed by atoms with Crippen LogP contribution in [0.4, 0.5) is 0 Å². The number of hydrogen-bond acceptors (Lipinski definition) is 4. The van der Waals surface area contributed by atoms with Gasteiger partial charge in [-0.2, -0.15) is 5.26 Å². The van der Waals surface area contributed by atoms with Gasteiger partial charge in [0.25, 0.3) is 0 Å². The first-order valence-corrected chi connectivity index (χ1v) is 6.02. The van der Waals surface area contributed by atoms with Crippen LogP contribution in [0, 0.1) is 11.3 Å². The molecule has 0 bridgehead atoms. The molecule has 0 unspecified atom stereocenters. The number of carbonyl (C=O) groups is 2. The van der Waals surface area contributed by atoms with Gasteiger partial charge >= 0.3 is 0 Å². The summed E-state index contributed by atoms with van der Waals surface area (Å²) < 4.78 is 0. The van der Waals surface area contributed by atoms with Crippen molar-refractivity contribution in [2.24, 2.45) is 0 Å². The van der Waals surface area contributed by atoms with Crippen molar-refractivity contribution in [2.75, 3.05) is 6.54 Å². The molecule has 1 heterocycles. The Balaban J connectivity index is 2.29. The van der Waals surface area contributed by atoms with Crippen molar-refractivity contribution in [3.63, 3.8) is 0 Å². The van der Waals surface area contributed by atoms with Gasteiger partial charge in [0.2, 0.25) is 11.8 Å². The molecule has 0 saturated carbocycles. The van der Waals surface area contributed by atoms with Gasteiger partial charge in [-0.15, -0.1) is 0 Å². The minimum atomic E-state index is -0.767. The van der Waals surface area contributed by atoms with E-state index in [0.717, 1.165) is 5.56 Å². The van der Waals surface area contributed by atoms with E-state index < -0.39 is 5.54 Å². The zero-order chi connectivity index (χ0) is 14.0. The van der Waals surface area contributed by atoms with Crippen molar-refractivity contribution in [2.45, 2.75) is 25.9 Å². The van der Waals surface area contributed by atoms with E-state index in [-0.39, 0.29) is 18.4 Å². The van der Waals surface area contributed by atoms with Gasteiger partial charge in [0.15, 0.2) is 0 Å². The van der Waals surface area contributed by atoms with Crippen LogP contribution in [-0.4, -0.2) is 28.8 Å². The molecule has 1 aromatic carbocycles. The number of nitrogens with zero attached hydrogens (tertiary/aromatic N) is 2. The summed E-state index contributed by atoms with van der Waals surface area (Å²) in [6, 6.07) is 9.33. The molecule has 5 nitrogen and oxygen atoms in total. The number of benzene rings is 1. The van der Waals surface area contributed by atoms with Gasteiger partial charge in [-0.1, -0.05) is 18.2 Å². The molecule has 1 aromatic rings. The molecule has 0 aliphatic carbocycles. The summed E-state index contributed by atoms with van der Waals surface area (Å²) in [4.78, 5) is 25.1. The quantitative estimate of drug-likeness (QED) is 0.795. The van der Waals surface area contributed by atoms with Crippen molar-refractivity contribution in [1.82, 2.24) is 10.2 Å². The molecular weight excluding hydrogens is 242 g/mol. The van der Waals surface area contributed by atoms with Crippen LogP contribution in [0.25, 0.3) is 0 Å². The normalized spacial score (nSPS) is 18.8. The van der Waals surface area contributed by atoms with Crippen molar-refractivity contribution in [1.29, 1.82) is 5.26 Å². The third kappa shape index (κ3) is 2.49. The zero-order valence-corrected chi connectivity index (χ0v) is 10.9. The molecule has 19 heavy (non-hydrogen) atoms. The highest BCUT2D eigenvalue weighted by Gasteiger charge is 2.40. The number of imide groups is 1. The van der Waals surface area contributed by atoms with Gasteiger partial charge in [0.1, 0.15) is 0 Å². The average molecular weight is 257 g/mol. The summed E-state index contributed by atoms with van der Waals surface area (Å²) >= 11 is 0. The molecule has 98 valence electrons. The molecule has 1 saturated heterocycles. The van der Waals surface area contributed by atoms with Crippen LogP contribution < -0.4 is 5.32 Å². The average Bonchev–Trinajstić information content (AvgIpc) is 2.36. The minimum Gasteiger partial charge on any atom is -0.294 e. The third-order valence-corrected chi connectivity index (χ3v) is 3.43. The molecule has 1 aliphatic rings. The number of nitriles is 1. The fraction of sp³-hybridized carbons (Fsp3) is 0.357. The van der Waals surface area contributed by atoms with Crippen LogP contribution in [0.1, 0.15) is 25.0 Å². The van der Waals surface area contributed by atoms with E-state index in [1.54, 1.807) is 30.9 Å². The minimum absolute atomic E-state index is 0.151. The summed E-state index contributed by atoms with van der Waals surface area (Å²) in [6.07, 6.45) is 0. The summed E-state index contributed by atoms with van der Waals surface area (Å²) in [6.45, 7) is 4.09. The van der Waals surface area contributed by atoms with E-state index >= 15 is 0 Å². The summed E-state index contributed by atoms with van der Waals surface area (Å²) in [7, 11) is 0. The van der Waals surface area contributed by atoms with Crippen molar-refractivity contribution in [3.05, 3.63) is 35.4 Å². The lowest BCUT2D eigenvalue weighted by atomic mass is 9.97. The number of amides is 2. The lowest BCUT2D eigenvalue weighted by Crippen LogP contribution is -2.63. The van der Waals surface area contributed by atoms with Gasteiger partial charge in [0, 0.05) is 6.54 Å². The second kappa shape index (κ2) is 4.82. The molecule has 1 aliphatic heterocycles. The fourth-order valence-electron chi connectivity index (χ4n) is 2.06. The van der Waals surface area contributed by atoms with Gasteiger partial charge in [-0.05, 0) is 25.5 Å². The fourth-order valence-corrected chi connectivity index (χ4v) is 2.06. The lowest BCUT2D eigenvalue weighted by molar-refractivity contribution is -0.145. The Hall–Kier alpha value is -2.19. The predicted molar refractivity (Wildman–Crippen MR) is 68.8 cm³/mol. The van der Waals surface area contributed by atoms with Crippen LogP contribution in [-0.2, 0) is 16.1 Å². The highest BCUT2D eigenvalue weighted by molar-refractivity contribution is 6.02. The Kier molecular flexibility index (Phi) is 3.36. The Morgan fingerprint density at radius 1 is 1.37 bits per heavy atom. The third-order valence-electron chi connectivity index (χ3n) is 3.43. The summed E-state index contributed by atoms with van der Waals surface area (Å²) in [5, 5.41) is 11.4. The topological polar surface area (TPSA) is 73.2 Å². The second-order valence-electron chi connectivity index (χ2n) is 5.06. The van der Waals surface area contributed by atoms with Crippen LogP contribution in [0.2, 0.25) is 0 Å². The Bertz CT molecular complexity index is 572. The van der Waals surface area contributed by atoms with Crippen LogP contribution in [0.3, 0.4) is 0 Å². The molecule has 0 spiro atoms. The number of nitrogens with one attached hydrogen (secondary N) is 1. The number of carbonyl (C=O) groups excluding carboxylic acids is 2. The Morgan fingerprint density at radius 2 is 2.05 bits per heavy atom. The standard InChI is InChI=1S/C14H15N3O2/c1-14(2)13(19)16-12(18)9-17(14)8-11-6-4-3-5-10(11)7-15/h3-6H,8-9H2,1-2H3,(H,16,18,19). The summed E-state index contributed by atoms with van der Waals surface area (Å²) in [5.74, 6) is -0.614. The molecule has 2 amide bonds. The molecule has 2 rings (SSSR count). The van der Waals surface area contributed by atoms with Crippen LogP contribution in [0.15, 0.2) is 24.3 Å². The first kappa shape index (κ1) is 13.2. The first-order chi connectivity index (χ1) is 8.95. The monoisotopic (exact) mass is 257 g/mol. The van der Waals surface area contributed by atoms with Crippen molar-refractivity contribution >= 4 is 11.8 Å². The maximum atomic E-state index is 11.8. The van der Waals surface area contributed by atoms with Crippen LogP contribution >= 0.6 is 0 Å². The Labute approximate surface area is 111 Å². The lowest BCUT2D eigenvalue weighted by Gasteiger charge is -2.40. The molecule has 5 heteroatoms. The highest BCUT2D eigenvalue weighted by atomic mass is 16.2. The number of hydrogen-bond donors (Lipinski definition) is 1. The van der Waals surface area contributed by atoms with E-state index in [0.29, 0.717) is 12.1 Å². The molecule has 1 N–H and O–H groups in total. The largest absolute Gasteiger partial charge is 0.294 e. The highest BCUT2D eigenvalue weighted by Crippen LogP contribution is 2.22. The maximum absolute atomic E-state index is 11.8. The van der Waals surface area contributed by atoms with Crippen molar-refractivity contribution in [3.8, 4) is 6.07 Å². The molecule has 0 radical (unpaired) electrons. The smallest absolute Gasteiger partial charge is 0.246 e. The number of piperazine rings is 1. The first-order valence-electron chi connectivity index (χ1n) is 6.02. The van der Waals surface area contributed by atoms with Crippen LogP contribution in [0.5, 0.6) is 0 Å². The SMILES string of the molecule is CC1(C)C(=O)NC(=O)CN1Cc1ccccc1C#N. The zero-order valence-electron chi connectivity index (χ0n) is 10.9. The second-order valence-corrected chi connectivity index (χ2v) is 5.06. The maximum Gasteiger partial charge on any atom is 0.246 e. The predicted octanol–water partition coefficient (Wildman–Crippen LogP) is 0.795.